The Bertz CT molecular complexity index is 349. The van der Waals surface area contributed by atoms with Crippen LogP contribution in [0.1, 0.15) is 25.3 Å². The van der Waals surface area contributed by atoms with Crippen LogP contribution in [0.4, 0.5) is 11.5 Å². The zero-order valence-electron chi connectivity index (χ0n) is 9.53. The number of nitrogen functional groups attached to an aromatic ring is 1. The second-order valence-corrected chi connectivity index (χ2v) is 4.41. The molecule has 0 saturated carbocycles. The second kappa shape index (κ2) is 4.09. The first-order valence-electron chi connectivity index (χ1n) is 5.67. The van der Waals surface area contributed by atoms with Crippen molar-refractivity contribution in [2.45, 2.75) is 26.7 Å². The van der Waals surface area contributed by atoms with E-state index in [9.17, 15) is 0 Å². The Morgan fingerprint density at radius 2 is 2.40 bits per heavy atom. The quantitative estimate of drug-likeness (QED) is 0.805. The fraction of sp³-hybridized carbons (Fsp3) is 0.583. The van der Waals surface area contributed by atoms with Gasteiger partial charge >= 0.3 is 0 Å². The summed E-state index contributed by atoms with van der Waals surface area (Å²) >= 11 is 0. The van der Waals surface area contributed by atoms with Gasteiger partial charge in [-0.15, -0.1) is 0 Å². The van der Waals surface area contributed by atoms with Gasteiger partial charge in [-0.1, -0.05) is 13.3 Å². The summed E-state index contributed by atoms with van der Waals surface area (Å²) in [5, 5.41) is 0. The lowest BCUT2D eigenvalue weighted by Gasteiger charge is -2.18. The normalized spacial score (nSPS) is 20.9. The van der Waals surface area contributed by atoms with Crippen molar-refractivity contribution in [3.8, 4) is 0 Å². The van der Waals surface area contributed by atoms with E-state index in [0.717, 1.165) is 36.1 Å². The minimum Gasteiger partial charge on any atom is -0.397 e. The van der Waals surface area contributed by atoms with Crippen molar-refractivity contribution in [1.29, 1.82) is 0 Å². The van der Waals surface area contributed by atoms with Crippen LogP contribution in [0.2, 0.25) is 0 Å². The summed E-state index contributed by atoms with van der Waals surface area (Å²) in [5.74, 6) is 1.92. The lowest BCUT2D eigenvalue weighted by atomic mass is 10.1. The van der Waals surface area contributed by atoms with E-state index in [-0.39, 0.29) is 0 Å². The Morgan fingerprint density at radius 3 is 3.00 bits per heavy atom. The topological polar surface area (TPSA) is 42.1 Å². The van der Waals surface area contributed by atoms with Crippen LogP contribution in [-0.4, -0.2) is 18.1 Å². The van der Waals surface area contributed by atoms with E-state index in [1.807, 2.05) is 6.92 Å². The van der Waals surface area contributed by atoms with Crippen molar-refractivity contribution in [2.24, 2.45) is 5.92 Å². The molecule has 0 aliphatic carbocycles. The zero-order chi connectivity index (χ0) is 10.8. The molecule has 2 N–H and O–H groups in total. The Morgan fingerprint density at radius 1 is 1.60 bits per heavy atom. The average molecular weight is 205 g/mol. The maximum absolute atomic E-state index is 5.76. The number of pyridine rings is 1. The fourth-order valence-corrected chi connectivity index (χ4v) is 2.10. The van der Waals surface area contributed by atoms with Gasteiger partial charge in [0.1, 0.15) is 5.82 Å². The highest BCUT2D eigenvalue weighted by molar-refractivity contribution is 5.52. The number of nitrogens with two attached hydrogens (primary N) is 1. The number of hydrogen-bond acceptors (Lipinski definition) is 3. The molecule has 3 nitrogen and oxygen atoms in total. The van der Waals surface area contributed by atoms with Crippen LogP contribution in [-0.2, 0) is 0 Å². The van der Waals surface area contributed by atoms with E-state index in [2.05, 4.69) is 22.9 Å². The molecule has 1 aromatic rings. The summed E-state index contributed by atoms with van der Waals surface area (Å²) in [6.45, 7) is 6.57. The second-order valence-electron chi connectivity index (χ2n) is 4.41. The first-order valence-corrected chi connectivity index (χ1v) is 5.67. The standard InChI is InChI=1S/C12H19N3/c1-3-10-4-5-15(8-10)12-6-9(2)11(13)7-14-12/h6-7,10H,3-5,8,13H2,1-2H3. The van der Waals surface area contributed by atoms with E-state index in [1.165, 1.54) is 12.8 Å². The van der Waals surface area contributed by atoms with Crippen molar-refractivity contribution >= 4 is 11.5 Å². The van der Waals surface area contributed by atoms with E-state index < -0.39 is 0 Å². The number of aromatic nitrogens is 1. The third-order valence-corrected chi connectivity index (χ3v) is 3.32. The summed E-state index contributed by atoms with van der Waals surface area (Å²) < 4.78 is 0. The van der Waals surface area contributed by atoms with Crippen molar-refractivity contribution in [3.05, 3.63) is 17.8 Å². The lowest BCUT2D eigenvalue weighted by molar-refractivity contribution is 0.569. The Hall–Kier alpha value is -1.25. The van der Waals surface area contributed by atoms with Gasteiger partial charge in [-0.25, -0.2) is 4.98 Å². The molecule has 1 saturated heterocycles. The molecule has 1 aliphatic rings. The molecule has 0 aromatic carbocycles. The summed E-state index contributed by atoms with van der Waals surface area (Å²) in [6.07, 6.45) is 4.33. The summed E-state index contributed by atoms with van der Waals surface area (Å²) in [4.78, 5) is 6.75. The van der Waals surface area contributed by atoms with Gasteiger partial charge < -0.3 is 10.6 Å². The van der Waals surface area contributed by atoms with Crippen molar-refractivity contribution in [1.82, 2.24) is 4.98 Å². The Kier molecular flexibility index (Phi) is 2.80. The van der Waals surface area contributed by atoms with E-state index in [1.54, 1.807) is 6.20 Å². The molecule has 0 spiro atoms. The van der Waals surface area contributed by atoms with Crippen molar-refractivity contribution in [3.63, 3.8) is 0 Å². The van der Waals surface area contributed by atoms with Gasteiger partial charge in [-0.05, 0) is 30.9 Å². The van der Waals surface area contributed by atoms with Crippen LogP contribution in [0.25, 0.3) is 0 Å². The maximum atomic E-state index is 5.76. The highest BCUT2D eigenvalue weighted by Gasteiger charge is 2.21. The van der Waals surface area contributed by atoms with Crippen molar-refractivity contribution in [2.75, 3.05) is 23.7 Å². The molecular weight excluding hydrogens is 186 g/mol. The monoisotopic (exact) mass is 205 g/mol. The van der Waals surface area contributed by atoms with Gasteiger partial charge in [0.2, 0.25) is 0 Å². The van der Waals surface area contributed by atoms with Gasteiger partial charge in [0, 0.05) is 13.1 Å². The van der Waals surface area contributed by atoms with Crippen LogP contribution < -0.4 is 10.6 Å². The molecule has 1 aromatic heterocycles. The Labute approximate surface area is 91.3 Å². The predicted octanol–water partition coefficient (Wildman–Crippen LogP) is 2.21. The minimum atomic E-state index is 0.782. The number of anilines is 2. The SMILES string of the molecule is CCC1CCN(c2cc(C)c(N)cn2)C1. The Balaban J connectivity index is 2.13. The van der Waals surface area contributed by atoms with Crippen LogP contribution in [0.15, 0.2) is 12.3 Å². The molecule has 1 aliphatic heterocycles. The van der Waals surface area contributed by atoms with Gasteiger partial charge in [-0.3, -0.25) is 0 Å². The number of rotatable bonds is 2. The summed E-state index contributed by atoms with van der Waals surface area (Å²) in [6, 6.07) is 2.09. The number of nitrogens with zero attached hydrogens (tertiary/aromatic N) is 2. The molecule has 0 amide bonds. The van der Waals surface area contributed by atoms with E-state index in [4.69, 9.17) is 5.73 Å². The predicted molar refractivity (Wildman–Crippen MR) is 64.0 cm³/mol. The molecule has 0 bridgehead atoms. The van der Waals surface area contributed by atoms with Crippen molar-refractivity contribution < 1.29 is 0 Å². The molecule has 15 heavy (non-hydrogen) atoms. The van der Waals surface area contributed by atoms with Gasteiger partial charge in [0.25, 0.3) is 0 Å². The highest BCUT2D eigenvalue weighted by atomic mass is 15.2. The van der Waals surface area contributed by atoms with Crippen LogP contribution >= 0.6 is 0 Å². The summed E-state index contributed by atoms with van der Waals surface area (Å²) in [5.41, 5.74) is 7.67. The van der Waals surface area contributed by atoms with E-state index in [0.29, 0.717) is 0 Å². The fourth-order valence-electron chi connectivity index (χ4n) is 2.10. The van der Waals surface area contributed by atoms with Crippen LogP contribution in [0.3, 0.4) is 0 Å². The molecule has 1 atom stereocenters. The molecule has 2 heterocycles. The van der Waals surface area contributed by atoms with Gasteiger partial charge in [0.05, 0.1) is 11.9 Å². The molecule has 1 unspecified atom stereocenters. The number of hydrogen-bond donors (Lipinski definition) is 1. The third kappa shape index (κ3) is 2.06. The molecule has 3 heteroatoms. The molecule has 0 radical (unpaired) electrons. The maximum Gasteiger partial charge on any atom is 0.128 e. The third-order valence-electron chi connectivity index (χ3n) is 3.32. The molecule has 1 fully saturated rings. The highest BCUT2D eigenvalue weighted by Crippen LogP contribution is 2.25. The molecule has 82 valence electrons. The zero-order valence-corrected chi connectivity index (χ0v) is 9.53. The van der Waals surface area contributed by atoms with Crippen LogP contribution in [0, 0.1) is 12.8 Å². The molecule has 2 rings (SSSR count). The van der Waals surface area contributed by atoms with Gasteiger partial charge in [0.15, 0.2) is 0 Å². The first kappa shape index (κ1) is 10.3. The first-order chi connectivity index (χ1) is 7.20. The smallest absolute Gasteiger partial charge is 0.128 e. The van der Waals surface area contributed by atoms with Crippen LogP contribution in [0.5, 0.6) is 0 Å². The average Bonchev–Trinajstić information content (AvgIpc) is 2.70. The van der Waals surface area contributed by atoms with Gasteiger partial charge in [-0.2, -0.15) is 0 Å². The van der Waals surface area contributed by atoms with E-state index >= 15 is 0 Å². The minimum absolute atomic E-state index is 0.782. The summed E-state index contributed by atoms with van der Waals surface area (Å²) in [7, 11) is 0. The largest absolute Gasteiger partial charge is 0.397 e. The number of aryl methyl sites for hydroxylation is 1. The lowest BCUT2D eigenvalue weighted by Crippen LogP contribution is -2.20. The molecular formula is C12H19N3.